The Bertz CT molecular complexity index is 159. The van der Waals surface area contributed by atoms with Crippen molar-refractivity contribution < 1.29 is 4.74 Å². The van der Waals surface area contributed by atoms with Crippen LogP contribution in [0.4, 0.5) is 0 Å². The molecular weight excluding hydrogens is 164 g/mol. The van der Waals surface area contributed by atoms with Crippen LogP contribution in [0.5, 0.6) is 0 Å². The maximum absolute atomic E-state index is 8.30. The molecule has 0 aromatic carbocycles. The Hall–Kier alpha value is -0.590. The fraction of sp³-hybridized carbons (Fsp3) is 0.900. The molecule has 0 aliphatic carbocycles. The summed E-state index contributed by atoms with van der Waals surface area (Å²) in [6.07, 6.45) is 3.90. The van der Waals surface area contributed by atoms with Crippen molar-refractivity contribution in [3.8, 4) is 6.07 Å². The third kappa shape index (κ3) is 4.87. The first-order valence-electron chi connectivity index (χ1n) is 5.09. The summed E-state index contributed by atoms with van der Waals surface area (Å²) in [5, 5.41) is 11.6. The van der Waals surface area contributed by atoms with E-state index < -0.39 is 0 Å². The van der Waals surface area contributed by atoms with Gasteiger partial charge in [-0.3, -0.25) is 0 Å². The number of hydrogen-bond donors (Lipinski definition) is 1. The minimum Gasteiger partial charge on any atom is -0.381 e. The summed E-state index contributed by atoms with van der Waals surface area (Å²) < 4.78 is 5.51. The van der Waals surface area contributed by atoms with Crippen molar-refractivity contribution >= 4 is 0 Å². The van der Waals surface area contributed by atoms with Gasteiger partial charge < -0.3 is 10.1 Å². The number of hydrogen-bond acceptors (Lipinski definition) is 3. The summed E-state index contributed by atoms with van der Waals surface area (Å²) in [5.74, 6) is 0.718. The SMILES string of the molecule is N#CCCCCOCC1CCNC1. The molecule has 0 bridgehead atoms. The van der Waals surface area contributed by atoms with E-state index in [-0.39, 0.29) is 0 Å². The highest BCUT2D eigenvalue weighted by Crippen LogP contribution is 2.07. The van der Waals surface area contributed by atoms with Crippen molar-refractivity contribution in [1.82, 2.24) is 5.32 Å². The van der Waals surface area contributed by atoms with Crippen LogP contribution in [0.25, 0.3) is 0 Å². The molecule has 1 saturated heterocycles. The molecule has 1 rings (SSSR count). The number of rotatable bonds is 6. The first-order chi connectivity index (χ1) is 6.43. The molecule has 0 amide bonds. The predicted molar refractivity (Wildman–Crippen MR) is 51.3 cm³/mol. The lowest BCUT2D eigenvalue weighted by atomic mass is 10.1. The Balaban J connectivity index is 1.81. The van der Waals surface area contributed by atoms with Crippen LogP contribution < -0.4 is 5.32 Å². The molecular formula is C10H18N2O. The highest BCUT2D eigenvalue weighted by Gasteiger charge is 2.13. The van der Waals surface area contributed by atoms with Crippen LogP contribution in [0.15, 0.2) is 0 Å². The Morgan fingerprint density at radius 3 is 3.08 bits per heavy atom. The van der Waals surface area contributed by atoms with Crippen LogP contribution in [0.1, 0.15) is 25.7 Å². The second-order valence-electron chi connectivity index (χ2n) is 3.55. The minimum absolute atomic E-state index is 0.661. The van der Waals surface area contributed by atoms with E-state index in [4.69, 9.17) is 10.00 Å². The molecule has 0 saturated carbocycles. The van der Waals surface area contributed by atoms with Crippen LogP contribution in [0, 0.1) is 17.2 Å². The molecule has 0 aromatic rings. The Labute approximate surface area is 80.1 Å². The van der Waals surface area contributed by atoms with Crippen LogP contribution >= 0.6 is 0 Å². The fourth-order valence-electron chi connectivity index (χ4n) is 1.51. The molecule has 1 N–H and O–H groups in total. The standard InChI is InChI=1S/C10H18N2O/c11-5-2-1-3-7-13-9-10-4-6-12-8-10/h10,12H,1-4,6-9H2. The molecule has 1 unspecified atom stereocenters. The van der Waals surface area contributed by atoms with Gasteiger partial charge in [-0.25, -0.2) is 0 Å². The second-order valence-corrected chi connectivity index (χ2v) is 3.55. The van der Waals surface area contributed by atoms with E-state index in [0.717, 1.165) is 45.1 Å². The van der Waals surface area contributed by atoms with Gasteiger partial charge in [0.2, 0.25) is 0 Å². The summed E-state index contributed by atoms with van der Waals surface area (Å²) in [6, 6.07) is 2.13. The van der Waals surface area contributed by atoms with Crippen LogP contribution in [0.3, 0.4) is 0 Å². The Morgan fingerprint density at radius 2 is 2.38 bits per heavy atom. The van der Waals surface area contributed by atoms with E-state index in [1.165, 1.54) is 6.42 Å². The van der Waals surface area contributed by atoms with E-state index in [9.17, 15) is 0 Å². The number of ether oxygens (including phenoxy) is 1. The zero-order valence-corrected chi connectivity index (χ0v) is 8.09. The van der Waals surface area contributed by atoms with Crippen LogP contribution in [-0.4, -0.2) is 26.3 Å². The van der Waals surface area contributed by atoms with Crippen molar-refractivity contribution in [3.63, 3.8) is 0 Å². The van der Waals surface area contributed by atoms with Crippen molar-refractivity contribution in [2.75, 3.05) is 26.3 Å². The number of nitriles is 1. The van der Waals surface area contributed by atoms with Crippen molar-refractivity contribution in [1.29, 1.82) is 5.26 Å². The van der Waals surface area contributed by atoms with Gasteiger partial charge in [0, 0.05) is 19.6 Å². The molecule has 1 aliphatic heterocycles. The maximum Gasteiger partial charge on any atom is 0.0621 e. The second kappa shape index (κ2) is 6.88. The van der Waals surface area contributed by atoms with Crippen molar-refractivity contribution in [2.24, 2.45) is 5.92 Å². The first-order valence-corrected chi connectivity index (χ1v) is 5.09. The molecule has 1 fully saturated rings. The van der Waals surface area contributed by atoms with E-state index >= 15 is 0 Å². The lowest BCUT2D eigenvalue weighted by molar-refractivity contribution is 0.102. The lowest BCUT2D eigenvalue weighted by Crippen LogP contribution is -2.14. The molecule has 74 valence electrons. The van der Waals surface area contributed by atoms with Gasteiger partial charge in [0.15, 0.2) is 0 Å². The highest BCUT2D eigenvalue weighted by atomic mass is 16.5. The first kappa shape index (κ1) is 10.5. The zero-order valence-electron chi connectivity index (χ0n) is 8.09. The van der Waals surface area contributed by atoms with Gasteiger partial charge in [0.05, 0.1) is 12.7 Å². The Morgan fingerprint density at radius 1 is 1.46 bits per heavy atom. The van der Waals surface area contributed by atoms with Crippen molar-refractivity contribution in [2.45, 2.75) is 25.7 Å². The third-order valence-electron chi connectivity index (χ3n) is 2.34. The van der Waals surface area contributed by atoms with E-state index in [1.807, 2.05) is 0 Å². The Kier molecular flexibility index (Phi) is 5.55. The van der Waals surface area contributed by atoms with Crippen LogP contribution in [-0.2, 0) is 4.74 Å². The average molecular weight is 182 g/mol. The zero-order chi connectivity index (χ0) is 9.36. The number of nitrogens with zero attached hydrogens (tertiary/aromatic N) is 1. The van der Waals surface area contributed by atoms with Gasteiger partial charge in [0.25, 0.3) is 0 Å². The average Bonchev–Trinajstić information content (AvgIpc) is 2.63. The largest absolute Gasteiger partial charge is 0.381 e. The summed E-state index contributed by atoms with van der Waals surface area (Å²) in [7, 11) is 0. The topological polar surface area (TPSA) is 45.0 Å². The summed E-state index contributed by atoms with van der Waals surface area (Å²) in [4.78, 5) is 0. The van der Waals surface area contributed by atoms with E-state index in [0.29, 0.717) is 6.42 Å². The monoisotopic (exact) mass is 182 g/mol. The fourth-order valence-corrected chi connectivity index (χ4v) is 1.51. The van der Waals surface area contributed by atoms with Gasteiger partial charge in [-0.15, -0.1) is 0 Å². The normalized spacial score (nSPS) is 21.6. The number of unbranched alkanes of at least 4 members (excludes halogenated alkanes) is 2. The van der Waals surface area contributed by atoms with E-state index in [1.54, 1.807) is 0 Å². The molecule has 0 spiro atoms. The van der Waals surface area contributed by atoms with Gasteiger partial charge in [-0.05, 0) is 31.7 Å². The predicted octanol–water partition coefficient (Wildman–Crippen LogP) is 1.31. The smallest absolute Gasteiger partial charge is 0.0621 e. The summed E-state index contributed by atoms with van der Waals surface area (Å²) in [6.45, 7) is 3.96. The quantitative estimate of drug-likeness (QED) is 0.630. The molecule has 1 heterocycles. The van der Waals surface area contributed by atoms with Gasteiger partial charge in [0.1, 0.15) is 0 Å². The van der Waals surface area contributed by atoms with Gasteiger partial charge >= 0.3 is 0 Å². The maximum atomic E-state index is 8.30. The molecule has 0 radical (unpaired) electrons. The van der Waals surface area contributed by atoms with Gasteiger partial charge in [-0.2, -0.15) is 5.26 Å². The molecule has 0 aromatic heterocycles. The molecule has 3 heteroatoms. The molecule has 3 nitrogen and oxygen atoms in total. The lowest BCUT2D eigenvalue weighted by Gasteiger charge is -2.08. The van der Waals surface area contributed by atoms with E-state index in [2.05, 4.69) is 11.4 Å². The third-order valence-corrected chi connectivity index (χ3v) is 2.34. The molecule has 1 aliphatic rings. The van der Waals surface area contributed by atoms with Crippen molar-refractivity contribution in [3.05, 3.63) is 0 Å². The highest BCUT2D eigenvalue weighted by molar-refractivity contribution is 4.70. The van der Waals surface area contributed by atoms with Crippen LogP contribution in [0.2, 0.25) is 0 Å². The molecule has 13 heavy (non-hydrogen) atoms. The summed E-state index contributed by atoms with van der Waals surface area (Å²) >= 11 is 0. The van der Waals surface area contributed by atoms with Gasteiger partial charge in [-0.1, -0.05) is 0 Å². The minimum atomic E-state index is 0.661. The molecule has 1 atom stereocenters. The summed E-state index contributed by atoms with van der Waals surface area (Å²) in [5.41, 5.74) is 0. The number of nitrogens with one attached hydrogen (secondary N) is 1.